The van der Waals surface area contributed by atoms with E-state index in [9.17, 15) is 0 Å². The summed E-state index contributed by atoms with van der Waals surface area (Å²) in [6.45, 7) is 0. The Morgan fingerprint density at radius 1 is 0.882 bits per heavy atom. The van der Waals surface area contributed by atoms with Crippen LogP contribution in [0.2, 0.25) is 10.0 Å². The normalized spacial score (nSPS) is 10.9. The number of nitrogens with zero attached hydrogens (tertiary/aromatic N) is 1. The van der Waals surface area contributed by atoms with Crippen molar-refractivity contribution in [3.05, 3.63) is 52.6 Å². The van der Waals surface area contributed by atoms with Crippen molar-refractivity contribution in [1.82, 2.24) is 10.2 Å². The van der Waals surface area contributed by atoms with E-state index in [1.54, 1.807) is 12.3 Å². The number of H-pyrrole nitrogens is 1. The first-order valence-corrected chi connectivity index (χ1v) is 5.87. The van der Waals surface area contributed by atoms with E-state index in [1.165, 1.54) is 0 Å². The van der Waals surface area contributed by atoms with Crippen LogP contribution in [0.3, 0.4) is 0 Å². The number of aromatic amines is 1. The number of benzene rings is 2. The molecule has 2 nitrogen and oxygen atoms in total. The fourth-order valence-corrected chi connectivity index (χ4v) is 2.37. The van der Waals surface area contributed by atoms with Crippen molar-refractivity contribution in [2.45, 2.75) is 0 Å². The molecule has 2 aromatic carbocycles. The van der Waals surface area contributed by atoms with Crippen molar-refractivity contribution < 1.29 is 0 Å². The fraction of sp³-hybridized carbons (Fsp3) is 0. The number of aromatic nitrogens is 2. The van der Waals surface area contributed by atoms with Gasteiger partial charge in [-0.3, -0.25) is 5.10 Å². The molecule has 0 bridgehead atoms. The molecular weight excluding hydrogens is 255 g/mol. The van der Waals surface area contributed by atoms with Crippen molar-refractivity contribution in [1.29, 1.82) is 0 Å². The van der Waals surface area contributed by atoms with Gasteiger partial charge in [-0.15, -0.1) is 0 Å². The Morgan fingerprint density at radius 3 is 2.41 bits per heavy atom. The Bertz CT molecular complexity index is 668. The minimum absolute atomic E-state index is 0.639. The standard InChI is InChI=1S/C13H8Cl2N2/c14-11-4-9(5-12(15)6-11)8-1-2-13-10(3-8)7-16-17-13/h1-7H,(H,16,17). The lowest BCUT2D eigenvalue weighted by Gasteiger charge is -2.03. The van der Waals surface area contributed by atoms with Crippen LogP contribution >= 0.6 is 23.2 Å². The summed E-state index contributed by atoms with van der Waals surface area (Å²) >= 11 is 12.0. The summed E-state index contributed by atoms with van der Waals surface area (Å²) in [6.07, 6.45) is 1.80. The van der Waals surface area contributed by atoms with Crippen LogP contribution in [0.4, 0.5) is 0 Å². The fourth-order valence-electron chi connectivity index (χ4n) is 1.84. The largest absolute Gasteiger partial charge is 0.278 e. The average Bonchev–Trinajstić information content (AvgIpc) is 2.74. The number of nitrogens with one attached hydrogen (secondary N) is 1. The number of rotatable bonds is 1. The molecule has 84 valence electrons. The SMILES string of the molecule is Clc1cc(Cl)cc(-c2ccc3[nH]ncc3c2)c1. The first-order chi connectivity index (χ1) is 8.22. The zero-order chi connectivity index (χ0) is 11.8. The predicted octanol–water partition coefficient (Wildman–Crippen LogP) is 4.54. The Balaban J connectivity index is 2.19. The van der Waals surface area contributed by atoms with Gasteiger partial charge in [0.05, 0.1) is 11.7 Å². The summed E-state index contributed by atoms with van der Waals surface area (Å²) in [4.78, 5) is 0. The van der Waals surface area contributed by atoms with Gasteiger partial charge in [0.15, 0.2) is 0 Å². The van der Waals surface area contributed by atoms with Gasteiger partial charge >= 0.3 is 0 Å². The van der Waals surface area contributed by atoms with E-state index in [4.69, 9.17) is 23.2 Å². The molecule has 1 aromatic heterocycles. The van der Waals surface area contributed by atoms with E-state index < -0.39 is 0 Å². The molecule has 0 amide bonds. The topological polar surface area (TPSA) is 28.7 Å². The van der Waals surface area contributed by atoms with E-state index in [0.717, 1.165) is 22.0 Å². The van der Waals surface area contributed by atoms with E-state index in [2.05, 4.69) is 16.3 Å². The summed E-state index contributed by atoms with van der Waals surface area (Å²) in [5, 5.41) is 9.26. The second kappa shape index (κ2) is 4.06. The van der Waals surface area contributed by atoms with Crippen LogP contribution in [-0.2, 0) is 0 Å². The summed E-state index contributed by atoms with van der Waals surface area (Å²) < 4.78 is 0. The van der Waals surface area contributed by atoms with Crippen LogP contribution in [0.25, 0.3) is 22.0 Å². The predicted molar refractivity (Wildman–Crippen MR) is 71.5 cm³/mol. The summed E-state index contributed by atoms with van der Waals surface area (Å²) in [6, 6.07) is 11.6. The molecule has 0 radical (unpaired) electrons. The second-order valence-electron chi connectivity index (χ2n) is 3.83. The molecule has 0 fully saturated rings. The number of halogens is 2. The third-order valence-electron chi connectivity index (χ3n) is 2.64. The highest BCUT2D eigenvalue weighted by atomic mass is 35.5. The van der Waals surface area contributed by atoms with E-state index >= 15 is 0 Å². The monoisotopic (exact) mass is 262 g/mol. The molecule has 3 aromatic rings. The van der Waals surface area contributed by atoms with E-state index in [-0.39, 0.29) is 0 Å². The van der Waals surface area contributed by atoms with Crippen LogP contribution < -0.4 is 0 Å². The number of fused-ring (bicyclic) bond motifs is 1. The van der Waals surface area contributed by atoms with Crippen LogP contribution in [0, 0.1) is 0 Å². The molecule has 1 heterocycles. The smallest absolute Gasteiger partial charge is 0.0650 e. The maximum Gasteiger partial charge on any atom is 0.0650 e. The maximum absolute atomic E-state index is 5.99. The maximum atomic E-state index is 5.99. The van der Waals surface area contributed by atoms with Gasteiger partial charge in [-0.2, -0.15) is 5.10 Å². The van der Waals surface area contributed by atoms with Crippen LogP contribution in [0.5, 0.6) is 0 Å². The molecule has 4 heteroatoms. The van der Waals surface area contributed by atoms with Crippen molar-refractivity contribution in [3.8, 4) is 11.1 Å². The molecule has 3 rings (SSSR count). The first-order valence-electron chi connectivity index (χ1n) is 5.12. The summed E-state index contributed by atoms with van der Waals surface area (Å²) in [7, 11) is 0. The molecule has 0 aliphatic rings. The third kappa shape index (κ3) is 2.02. The highest BCUT2D eigenvalue weighted by Crippen LogP contribution is 2.28. The van der Waals surface area contributed by atoms with Crippen LogP contribution in [0.15, 0.2) is 42.6 Å². The minimum Gasteiger partial charge on any atom is -0.278 e. The third-order valence-corrected chi connectivity index (χ3v) is 3.07. The zero-order valence-corrected chi connectivity index (χ0v) is 10.3. The van der Waals surface area contributed by atoms with Crippen molar-refractivity contribution in [2.24, 2.45) is 0 Å². The van der Waals surface area contributed by atoms with Gasteiger partial charge in [-0.05, 0) is 41.5 Å². The Morgan fingerprint density at radius 2 is 1.65 bits per heavy atom. The summed E-state index contributed by atoms with van der Waals surface area (Å²) in [5.74, 6) is 0. The average molecular weight is 263 g/mol. The highest BCUT2D eigenvalue weighted by Gasteiger charge is 2.03. The lowest BCUT2D eigenvalue weighted by Crippen LogP contribution is -1.79. The van der Waals surface area contributed by atoms with Crippen molar-refractivity contribution in [2.75, 3.05) is 0 Å². The molecule has 0 saturated heterocycles. The van der Waals surface area contributed by atoms with Crippen molar-refractivity contribution in [3.63, 3.8) is 0 Å². The molecule has 0 atom stereocenters. The molecule has 0 spiro atoms. The van der Waals surface area contributed by atoms with E-state index in [1.807, 2.05) is 24.3 Å². The van der Waals surface area contributed by atoms with Gasteiger partial charge in [-0.25, -0.2) is 0 Å². The number of hydrogen-bond donors (Lipinski definition) is 1. The second-order valence-corrected chi connectivity index (χ2v) is 4.70. The van der Waals surface area contributed by atoms with Gasteiger partial charge < -0.3 is 0 Å². The molecule has 0 unspecified atom stereocenters. The quantitative estimate of drug-likeness (QED) is 0.686. The van der Waals surface area contributed by atoms with Gasteiger partial charge in [0.1, 0.15) is 0 Å². The van der Waals surface area contributed by atoms with Crippen molar-refractivity contribution >= 4 is 34.1 Å². The summed E-state index contributed by atoms with van der Waals surface area (Å²) in [5.41, 5.74) is 3.09. The van der Waals surface area contributed by atoms with Crippen LogP contribution in [-0.4, -0.2) is 10.2 Å². The lowest BCUT2D eigenvalue weighted by molar-refractivity contribution is 1.12. The van der Waals surface area contributed by atoms with Crippen LogP contribution in [0.1, 0.15) is 0 Å². The van der Waals surface area contributed by atoms with E-state index in [0.29, 0.717) is 10.0 Å². The highest BCUT2D eigenvalue weighted by molar-refractivity contribution is 6.35. The molecule has 0 saturated carbocycles. The number of hydrogen-bond acceptors (Lipinski definition) is 1. The molecular formula is C13H8Cl2N2. The Hall–Kier alpha value is -1.51. The molecule has 0 aliphatic heterocycles. The molecule has 1 N–H and O–H groups in total. The van der Waals surface area contributed by atoms with Gasteiger partial charge in [0.2, 0.25) is 0 Å². The Labute approximate surface area is 108 Å². The first kappa shape index (κ1) is 10.6. The molecule has 17 heavy (non-hydrogen) atoms. The van der Waals surface area contributed by atoms with Gasteiger partial charge in [0.25, 0.3) is 0 Å². The van der Waals surface area contributed by atoms with Gasteiger partial charge in [-0.1, -0.05) is 29.3 Å². The Kier molecular flexibility index (Phi) is 2.54. The van der Waals surface area contributed by atoms with Gasteiger partial charge in [0, 0.05) is 15.4 Å². The lowest BCUT2D eigenvalue weighted by atomic mass is 10.0. The molecule has 0 aliphatic carbocycles. The minimum atomic E-state index is 0.639. The zero-order valence-electron chi connectivity index (χ0n) is 8.74.